The molecule has 6 aliphatic rings. The number of ketones is 3. The number of benzene rings is 7. The first-order valence-corrected chi connectivity index (χ1v) is 38.7. The smallest absolute Gasteiger partial charge is 0.285 e. The van der Waals surface area contributed by atoms with Crippen LogP contribution in [0.3, 0.4) is 0 Å². The maximum Gasteiger partial charge on any atom is 0.285 e. The summed E-state index contributed by atoms with van der Waals surface area (Å²) in [7, 11) is 1.57. The van der Waals surface area contributed by atoms with E-state index in [4.69, 9.17) is 19.7 Å². The van der Waals surface area contributed by atoms with Gasteiger partial charge in [-0.3, -0.25) is 54.0 Å². The number of fused-ring (bicyclic) bond motifs is 4. The van der Waals surface area contributed by atoms with Crippen LogP contribution >= 0.6 is 11.3 Å². The second-order valence-corrected chi connectivity index (χ2v) is 31.0. The summed E-state index contributed by atoms with van der Waals surface area (Å²) in [5, 5.41) is 0. The van der Waals surface area contributed by atoms with Crippen molar-refractivity contribution >= 4 is 56.0 Å². The predicted octanol–water partition coefficient (Wildman–Crippen LogP) is 18.3. The first-order valence-electron chi connectivity index (χ1n) is 37.8. The van der Waals surface area contributed by atoms with Gasteiger partial charge in [-0.25, -0.2) is 13.8 Å². The molecular weight excluding hydrogens is 1380 g/mol. The summed E-state index contributed by atoms with van der Waals surface area (Å²) < 4.78 is 66.6. The summed E-state index contributed by atoms with van der Waals surface area (Å²) in [6.45, 7) is 14.2. The number of halogens is 4. The van der Waals surface area contributed by atoms with Gasteiger partial charge in [0.15, 0.2) is 17.3 Å². The average molecular weight is 1470 g/mol. The van der Waals surface area contributed by atoms with Gasteiger partial charge in [-0.1, -0.05) is 103 Å². The van der Waals surface area contributed by atoms with E-state index in [0.717, 1.165) is 165 Å². The molecule has 3 aromatic heterocycles. The normalized spacial score (nSPS) is 18.4. The number of ether oxygens (including phenoxy) is 1. The van der Waals surface area contributed by atoms with Gasteiger partial charge in [-0.05, 0) is 198 Å². The summed E-state index contributed by atoms with van der Waals surface area (Å²) >= 11 is 1.62. The van der Waals surface area contributed by atoms with Gasteiger partial charge >= 0.3 is 0 Å². The lowest BCUT2D eigenvalue weighted by atomic mass is 9.88. The molecule has 10 aromatic rings. The number of aliphatic imine (C=N–C) groups is 3. The largest absolute Gasteiger partial charge is 0.496 e. The minimum Gasteiger partial charge on any atom is -0.496 e. The van der Waals surface area contributed by atoms with E-state index in [2.05, 4.69) is 36.9 Å². The van der Waals surface area contributed by atoms with Crippen LogP contribution in [0.5, 0.6) is 5.75 Å². The molecule has 3 fully saturated rings. The number of methoxy groups -OCH3 is 1. The molecule has 7 aromatic carbocycles. The van der Waals surface area contributed by atoms with Crippen molar-refractivity contribution in [1.29, 1.82) is 0 Å². The Morgan fingerprint density at radius 1 is 0.519 bits per heavy atom. The van der Waals surface area contributed by atoms with Crippen LogP contribution in [0, 0.1) is 44.3 Å². The Bertz CT molecular complexity index is 5070. The molecule has 18 heteroatoms. The minimum absolute atomic E-state index is 0.0625. The molecule has 1 unspecified atom stereocenters. The molecule has 108 heavy (non-hydrogen) atoms. The SMILES string of the molecule is COc1cccc(F)c1CN1CCC[C@@H](CC(=O)c2ccc3c(c2)C(c2ccc4ncsc4c2)=NC3)C1.Cc1cc(C2=NCc3ccc(C(=O)C[C@@H]4CCCN(CC(C)(F)c5ccccc5)C4)cc32)ccn1.Cc1cc(C2=NCc3ccc(C(=O)C[C@@H]4CCCN(CC(F)(F)c5ccccc5C)C4)cc32)ccn1. The van der Waals surface area contributed by atoms with E-state index in [0.29, 0.717) is 93.1 Å². The van der Waals surface area contributed by atoms with E-state index >= 15 is 13.2 Å². The third kappa shape index (κ3) is 17.6. The van der Waals surface area contributed by atoms with Crippen LogP contribution in [-0.4, -0.2) is 124 Å². The van der Waals surface area contributed by atoms with E-state index < -0.39 is 11.6 Å². The highest BCUT2D eigenvalue weighted by atomic mass is 32.1. The number of aromatic nitrogens is 3. The number of thiazole rings is 1. The molecule has 0 spiro atoms. The lowest BCUT2D eigenvalue weighted by molar-refractivity contribution is -0.0467. The van der Waals surface area contributed by atoms with Crippen LogP contribution < -0.4 is 4.74 Å². The summed E-state index contributed by atoms with van der Waals surface area (Å²) in [6.07, 6.45) is 10.6. The number of alkyl halides is 3. The molecule has 554 valence electrons. The Morgan fingerprint density at radius 2 is 1.00 bits per heavy atom. The lowest BCUT2D eigenvalue weighted by Gasteiger charge is -2.36. The highest BCUT2D eigenvalue weighted by Crippen LogP contribution is 2.37. The predicted molar refractivity (Wildman–Crippen MR) is 421 cm³/mol. The standard InChI is InChI=1S/C30H31F2N3O.C30H28FN3O2S.C30H32FN3O/c1-20-6-3-4-8-27(20)30(31,32)19-35-13-5-7-22(18-35)15-28(36)23-9-10-25-17-34-29(26(25)16-23)24-11-12-33-21(2)14-24;1-36-28-6-2-5-25(31)24(28)17-34-11-3-4-19(16-34)12-27(35)20-7-8-22-15-32-30(23(22)13-20)21-9-10-26-29(14-21)37-18-33-26;1-21-15-24(12-13-32-21)29-27-17-23(10-11-25(27)18-33-29)28(35)16-22-7-6-14-34(19-22)20-30(2,31)26-8-4-3-5-9-26/h3-4,6,8-12,14,16,22H,5,7,13,15,17-19H2,1-2H3;2,5-10,13-14,18-19H,3-4,11-12,15-17H2,1H3;3-5,8-13,15,17,22H,6-7,14,16,18-20H2,1-2H3/t22-;19-;22-,30?/m000/s1. The highest BCUT2D eigenvalue weighted by Gasteiger charge is 2.38. The molecule has 16 rings (SSSR count). The first kappa shape index (κ1) is 75.0. The number of pyridine rings is 2. The molecule has 0 radical (unpaired) electrons. The minimum atomic E-state index is -2.92. The van der Waals surface area contributed by atoms with Crippen molar-refractivity contribution < 1.29 is 36.7 Å². The second-order valence-electron chi connectivity index (χ2n) is 30.1. The van der Waals surface area contributed by atoms with Crippen LogP contribution in [0.25, 0.3) is 10.2 Å². The third-order valence-electron chi connectivity index (χ3n) is 22.0. The number of aryl methyl sites for hydroxylation is 3. The zero-order valence-electron chi connectivity index (χ0n) is 62.1. The number of carbonyl (C=O) groups is 3. The van der Waals surface area contributed by atoms with Gasteiger partial charge in [0.2, 0.25) is 0 Å². The monoisotopic (exact) mass is 1470 g/mol. The van der Waals surface area contributed by atoms with E-state index in [1.807, 2.05) is 140 Å². The topological polar surface area (TPSA) is 146 Å². The van der Waals surface area contributed by atoms with E-state index in [1.165, 1.54) is 12.1 Å². The summed E-state index contributed by atoms with van der Waals surface area (Å²) in [5.41, 5.74) is 19.8. The summed E-state index contributed by atoms with van der Waals surface area (Å²) in [6, 6.07) is 53.0. The van der Waals surface area contributed by atoms with Gasteiger partial charge in [0.25, 0.3) is 5.92 Å². The maximum absolute atomic E-state index is 15.5. The average Bonchev–Trinajstić information content (AvgIpc) is 1.63. The molecule has 0 saturated carbocycles. The van der Waals surface area contributed by atoms with Crippen molar-refractivity contribution in [3.63, 3.8) is 0 Å². The highest BCUT2D eigenvalue weighted by molar-refractivity contribution is 7.16. The number of hydrogen-bond acceptors (Lipinski definition) is 14. The van der Waals surface area contributed by atoms with Gasteiger partial charge in [0, 0.05) is 137 Å². The zero-order chi connectivity index (χ0) is 75.1. The van der Waals surface area contributed by atoms with Crippen molar-refractivity contribution in [1.82, 2.24) is 29.7 Å². The Morgan fingerprint density at radius 3 is 1.51 bits per heavy atom. The summed E-state index contributed by atoms with van der Waals surface area (Å²) in [5.74, 6) is -1.66. The third-order valence-corrected chi connectivity index (χ3v) is 22.8. The van der Waals surface area contributed by atoms with Crippen LogP contribution in [0.1, 0.15) is 179 Å². The van der Waals surface area contributed by atoms with E-state index in [-0.39, 0.29) is 53.0 Å². The summed E-state index contributed by atoms with van der Waals surface area (Å²) in [4.78, 5) is 73.3. The van der Waals surface area contributed by atoms with Gasteiger partial charge < -0.3 is 4.74 Å². The van der Waals surface area contributed by atoms with Crippen LogP contribution in [-0.2, 0) is 37.8 Å². The van der Waals surface area contributed by atoms with Gasteiger partial charge in [0.05, 0.1) is 66.2 Å². The number of nitrogens with zero attached hydrogens (tertiary/aromatic N) is 9. The molecule has 3 saturated heterocycles. The maximum atomic E-state index is 15.5. The lowest BCUT2D eigenvalue weighted by Crippen LogP contribution is -2.42. The van der Waals surface area contributed by atoms with Crippen molar-refractivity contribution in [2.24, 2.45) is 32.7 Å². The van der Waals surface area contributed by atoms with Crippen LogP contribution in [0.15, 0.2) is 203 Å². The molecule has 0 amide bonds. The quantitative estimate of drug-likeness (QED) is 0.0503. The molecule has 0 bridgehead atoms. The van der Waals surface area contributed by atoms with Crippen molar-refractivity contribution in [3.05, 3.63) is 294 Å². The number of Topliss-reactive ketones (excluding diaryl/α,β-unsaturated/α-hetero) is 3. The first-order chi connectivity index (χ1) is 52.3. The number of hydrogen-bond donors (Lipinski definition) is 0. The fourth-order valence-electron chi connectivity index (χ4n) is 16.5. The molecule has 4 atom stereocenters. The molecule has 13 nitrogen and oxygen atoms in total. The van der Waals surface area contributed by atoms with Crippen molar-refractivity contribution in [2.45, 2.75) is 123 Å². The van der Waals surface area contributed by atoms with Crippen molar-refractivity contribution in [2.75, 3.05) is 59.5 Å². The number of piperidine rings is 3. The van der Waals surface area contributed by atoms with E-state index in [9.17, 15) is 18.8 Å². The molecule has 9 heterocycles. The zero-order valence-corrected chi connectivity index (χ0v) is 62.9. The van der Waals surface area contributed by atoms with Gasteiger partial charge in [-0.2, -0.15) is 8.78 Å². The van der Waals surface area contributed by atoms with Gasteiger partial charge in [-0.15, -0.1) is 11.3 Å². The Labute approximate surface area is 634 Å². The second kappa shape index (κ2) is 33.3. The van der Waals surface area contributed by atoms with E-state index in [1.54, 1.807) is 75.0 Å². The molecular formula is C90H91F4N9O4S. The Balaban J connectivity index is 0.000000136. The number of carbonyl (C=O) groups excluding carboxylic acids is 3. The number of rotatable bonds is 21. The fourth-order valence-corrected chi connectivity index (χ4v) is 17.2. The number of likely N-dealkylation sites (tertiary alicyclic amines) is 3. The fraction of sp³-hybridized carbons (Fsp3) is 0.344. The van der Waals surface area contributed by atoms with Crippen LogP contribution in [0.4, 0.5) is 17.6 Å². The van der Waals surface area contributed by atoms with Crippen LogP contribution in [0.2, 0.25) is 0 Å². The Hall–Kier alpha value is -9.85. The molecule has 0 N–H and O–H groups in total. The van der Waals surface area contributed by atoms with Crippen molar-refractivity contribution in [3.8, 4) is 5.75 Å². The Kier molecular flexibility index (Phi) is 23.1. The molecule has 0 aliphatic carbocycles. The van der Waals surface area contributed by atoms with Gasteiger partial charge in [0.1, 0.15) is 17.2 Å². The molecule has 6 aliphatic heterocycles.